The molecule has 8 nitrogen and oxygen atoms in total. The van der Waals surface area contributed by atoms with Gasteiger partial charge in [0.05, 0.1) is 23.7 Å². The predicted molar refractivity (Wildman–Crippen MR) is 120 cm³/mol. The summed E-state index contributed by atoms with van der Waals surface area (Å²) in [5.41, 5.74) is -0.134. The number of hydrogen-bond acceptors (Lipinski definition) is 5. The van der Waals surface area contributed by atoms with E-state index in [1.165, 1.54) is 40.5 Å². The first-order chi connectivity index (χ1) is 16.1. The average Bonchev–Trinajstić information content (AvgIpc) is 2.80. The molecule has 0 saturated carbocycles. The summed E-state index contributed by atoms with van der Waals surface area (Å²) in [6.07, 6.45) is 2.66. The molecule has 184 valence electrons. The van der Waals surface area contributed by atoms with Gasteiger partial charge in [-0.1, -0.05) is 6.42 Å². The highest BCUT2D eigenvalue weighted by Gasteiger charge is 2.25. The summed E-state index contributed by atoms with van der Waals surface area (Å²) in [4.78, 5) is 25.8. The van der Waals surface area contributed by atoms with Gasteiger partial charge in [-0.25, -0.2) is 21.6 Å². The Labute approximate surface area is 195 Å². The highest BCUT2D eigenvalue weighted by Crippen LogP contribution is 2.22. The fourth-order valence-corrected chi connectivity index (χ4v) is 5.04. The second kappa shape index (κ2) is 11.0. The molecule has 2 N–H and O–H groups in total. The fraction of sp³-hybridized carbons (Fsp3) is 0.364. The van der Waals surface area contributed by atoms with Crippen molar-refractivity contribution >= 4 is 33.2 Å². The molecule has 2 amide bonds. The number of sulfonamides is 1. The molecule has 1 heterocycles. The fourth-order valence-electron chi connectivity index (χ4n) is 3.52. The Morgan fingerprint density at radius 2 is 1.47 bits per heavy atom. The Kier molecular flexibility index (Phi) is 8.28. The second-order valence-corrected chi connectivity index (χ2v) is 9.92. The maximum absolute atomic E-state index is 13.7. The van der Waals surface area contributed by atoms with Crippen molar-refractivity contribution in [1.82, 2.24) is 9.21 Å². The van der Waals surface area contributed by atoms with Crippen molar-refractivity contribution in [3.05, 3.63) is 53.8 Å². The van der Waals surface area contributed by atoms with Crippen LogP contribution in [0, 0.1) is 17.5 Å². The van der Waals surface area contributed by atoms with Gasteiger partial charge in [0.2, 0.25) is 21.8 Å². The molecule has 0 spiro atoms. The van der Waals surface area contributed by atoms with E-state index in [2.05, 4.69) is 10.6 Å². The number of rotatable bonds is 8. The van der Waals surface area contributed by atoms with Crippen LogP contribution in [0.3, 0.4) is 0 Å². The molecule has 12 heteroatoms. The number of likely N-dealkylation sites (N-methyl/N-ethyl adjacent to an activating group) is 1. The number of hydrogen-bond donors (Lipinski definition) is 2. The van der Waals surface area contributed by atoms with Gasteiger partial charge in [-0.2, -0.15) is 4.31 Å². The smallest absolute Gasteiger partial charge is 0.243 e. The first-order valence-electron chi connectivity index (χ1n) is 10.6. The lowest BCUT2D eigenvalue weighted by Gasteiger charge is -2.25. The summed E-state index contributed by atoms with van der Waals surface area (Å²) in [5.74, 6) is -5.78. The Bertz CT molecular complexity index is 1150. The number of anilines is 2. The second-order valence-electron chi connectivity index (χ2n) is 7.98. The predicted octanol–water partition coefficient (Wildman–Crippen LogP) is 2.79. The number of piperidine rings is 1. The molecule has 3 rings (SSSR count). The lowest BCUT2D eigenvalue weighted by molar-refractivity contribution is -0.119. The Hall–Kier alpha value is -2.96. The van der Waals surface area contributed by atoms with Gasteiger partial charge in [-0.15, -0.1) is 0 Å². The zero-order chi connectivity index (χ0) is 24.9. The quantitative estimate of drug-likeness (QED) is 0.546. The van der Waals surface area contributed by atoms with Crippen LogP contribution in [-0.4, -0.2) is 62.7 Å². The van der Waals surface area contributed by atoms with Crippen LogP contribution in [0.15, 0.2) is 41.3 Å². The molecule has 0 aliphatic carbocycles. The molecular formula is C22H25F3N4O4S. The topological polar surface area (TPSA) is 98.8 Å². The van der Waals surface area contributed by atoms with Gasteiger partial charge in [0.25, 0.3) is 0 Å². The van der Waals surface area contributed by atoms with E-state index in [1.54, 1.807) is 0 Å². The third-order valence-corrected chi connectivity index (χ3v) is 7.14. The van der Waals surface area contributed by atoms with Gasteiger partial charge in [0.15, 0.2) is 17.5 Å². The molecule has 1 fully saturated rings. The molecule has 0 unspecified atom stereocenters. The van der Waals surface area contributed by atoms with Gasteiger partial charge >= 0.3 is 0 Å². The minimum atomic E-state index is -3.58. The number of amides is 2. The van der Waals surface area contributed by atoms with E-state index in [0.29, 0.717) is 24.8 Å². The van der Waals surface area contributed by atoms with Crippen LogP contribution in [0.1, 0.15) is 19.3 Å². The molecule has 1 saturated heterocycles. The van der Waals surface area contributed by atoms with Crippen LogP contribution in [0.5, 0.6) is 0 Å². The van der Waals surface area contributed by atoms with Gasteiger partial charge < -0.3 is 10.6 Å². The Morgan fingerprint density at radius 3 is 2.09 bits per heavy atom. The van der Waals surface area contributed by atoms with Gasteiger partial charge in [-0.3, -0.25) is 14.5 Å². The summed E-state index contributed by atoms with van der Waals surface area (Å²) in [6.45, 7) is 0.452. The van der Waals surface area contributed by atoms with Crippen molar-refractivity contribution in [3.8, 4) is 0 Å². The molecule has 0 atom stereocenters. The molecular weight excluding hydrogens is 473 g/mol. The molecule has 0 bridgehead atoms. The van der Waals surface area contributed by atoms with Crippen LogP contribution in [0.25, 0.3) is 0 Å². The zero-order valence-corrected chi connectivity index (χ0v) is 19.3. The van der Waals surface area contributed by atoms with Crippen molar-refractivity contribution < 1.29 is 31.2 Å². The monoisotopic (exact) mass is 498 g/mol. The highest BCUT2D eigenvalue weighted by molar-refractivity contribution is 7.89. The average molecular weight is 499 g/mol. The van der Waals surface area contributed by atoms with Crippen molar-refractivity contribution in [1.29, 1.82) is 0 Å². The molecule has 0 aromatic heterocycles. The van der Waals surface area contributed by atoms with Gasteiger partial charge in [-0.05, 0) is 56.3 Å². The number of nitrogens with one attached hydrogen (secondary N) is 2. The minimum absolute atomic E-state index is 0.144. The van der Waals surface area contributed by atoms with Crippen molar-refractivity contribution in [2.75, 3.05) is 43.9 Å². The number of carbonyl (C=O) groups is 2. The van der Waals surface area contributed by atoms with Gasteiger partial charge in [0.1, 0.15) is 0 Å². The molecule has 2 aromatic rings. The van der Waals surface area contributed by atoms with Gasteiger partial charge in [0, 0.05) is 18.8 Å². The Morgan fingerprint density at radius 1 is 0.882 bits per heavy atom. The lowest BCUT2D eigenvalue weighted by atomic mass is 10.2. The van der Waals surface area contributed by atoms with Crippen LogP contribution < -0.4 is 10.6 Å². The molecule has 34 heavy (non-hydrogen) atoms. The molecule has 1 aliphatic heterocycles. The maximum Gasteiger partial charge on any atom is 0.243 e. The number of benzene rings is 2. The van der Waals surface area contributed by atoms with E-state index in [1.807, 2.05) is 0 Å². The largest absolute Gasteiger partial charge is 0.325 e. The highest BCUT2D eigenvalue weighted by atomic mass is 32.2. The third kappa shape index (κ3) is 6.33. The van der Waals surface area contributed by atoms with Crippen LogP contribution >= 0.6 is 0 Å². The van der Waals surface area contributed by atoms with E-state index in [9.17, 15) is 31.2 Å². The van der Waals surface area contributed by atoms with Crippen LogP contribution in [0.4, 0.5) is 24.5 Å². The summed E-state index contributed by atoms with van der Waals surface area (Å²) in [7, 11) is -2.11. The lowest BCUT2D eigenvalue weighted by Crippen LogP contribution is -2.36. The van der Waals surface area contributed by atoms with Crippen molar-refractivity contribution in [2.45, 2.75) is 24.2 Å². The van der Waals surface area contributed by atoms with Crippen molar-refractivity contribution in [3.63, 3.8) is 0 Å². The normalized spacial score (nSPS) is 14.7. The summed E-state index contributed by atoms with van der Waals surface area (Å²) < 4.78 is 66.8. The summed E-state index contributed by atoms with van der Waals surface area (Å²) in [5, 5.41) is 4.73. The number of halogens is 3. The summed E-state index contributed by atoms with van der Waals surface area (Å²) >= 11 is 0. The maximum atomic E-state index is 13.7. The van der Waals surface area contributed by atoms with E-state index in [4.69, 9.17) is 0 Å². The first kappa shape index (κ1) is 25.7. The zero-order valence-electron chi connectivity index (χ0n) is 18.5. The molecule has 0 radical (unpaired) electrons. The Balaban J connectivity index is 1.51. The minimum Gasteiger partial charge on any atom is -0.325 e. The van der Waals surface area contributed by atoms with E-state index < -0.39 is 45.0 Å². The van der Waals surface area contributed by atoms with Crippen LogP contribution in [0.2, 0.25) is 0 Å². The van der Waals surface area contributed by atoms with E-state index >= 15 is 0 Å². The SMILES string of the molecule is CN(CC(=O)Nc1ccc(S(=O)(=O)N2CCCCC2)cc1)CC(=O)Nc1ccc(F)c(F)c1F. The number of carbonyl (C=O) groups excluding carboxylic acids is 2. The van der Waals surface area contributed by atoms with E-state index in [0.717, 1.165) is 25.3 Å². The third-order valence-electron chi connectivity index (χ3n) is 5.23. The first-order valence-corrected chi connectivity index (χ1v) is 12.0. The molecule has 2 aromatic carbocycles. The van der Waals surface area contributed by atoms with Crippen molar-refractivity contribution in [2.24, 2.45) is 0 Å². The van der Waals surface area contributed by atoms with E-state index in [-0.39, 0.29) is 18.0 Å². The standard InChI is InChI=1S/C22H25F3N4O4S/c1-28(14-20(31)27-18-10-9-17(23)21(24)22(18)25)13-19(30)26-15-5-7-16(8-6-15)34(32,33)29-11-3-2-4-12-29/h5-10H,2-4,11-14H2,1H3,(H,26,30)(H,27,31). The summed E-state index contributed by atoms with van der Waals surface area (Å²) in [6, 6.07) is 7.39. The molecule has 1 aliphatic rings. The number of nitrogens with zero attached hydrogens (tertiary/aromatic N) is 2. The van der Waals surface area contributed by atoms with Crippen LogP contribution in [-0.2, 0) is 19.6 Å².